The van der Waals surface area contributed by atoms with Crippen molar-refractivity contribution < 1.29 is 9.90 Å². The number of benzene rings is 2. The van der Waals surface area contributed by atoms with E-state index in [1.165, 1.54) is 0 Å². The molecule has 3 nitrogen and oxygen atoms in total. The molecule has 0 atom stereocenters. The topological polar surface area (TPSA) is 49.3 Å². The van der Waals surface area contributed by atoms with E-state index in [0.717, 1.165) is 0 Å². The van der Waals surface area contributed by atoms with Crippen LogP contribution in [0.3, 0.4) is 0 Å². The Balaban J connectivity index is 2.33. The molecule has 0 heterocycles. The standard InChI is InChI=1S/C14H11Cl2NO2/c15-10-5-3-7-12(14(10)16)17-11-6-2-1-4-9(11)8-13(18)19/h1-7,17H,8H2,(H,18,19). The van der Waals surface area contributed by atoms with Gasteiger partial charge in [-0.05, 0) is 23.8 Å². The number of para-hydroxylation sites is 1. The highest BCUT2D eigenvalue weighted by Crippen LogP contribution is 2.32. The van der Waals surface area contributed by atoms with Gasteiger partial charge in [0.2, 0.25) is 0 Å². The van der Waals surface area contributed by atoms with Gasteiger partial charge in [0.25, 0.3) is 0 Å². The molecule has 2 aromatic carbocycles. The third-order valence-electron chi connectivity index (χ3n) is 2.58. The number of carboxylic acid groups (broad SMARTS) is 1. The Morgan fingerprint density at radius 1 is 1.05 bits per heavy atom. The van der Waals surface area contributed by atoms with Crippen LogP contribution < -0.4 is 5.32 Å². The molecule has 0 saturated carbocycles. The van der Waals surface area contributed by atoms with E-state index in [1.54, 1.807) is 36.4 Å². The average Bonchev–Trinajstić information content (AvgIpc) is 2.36. The zero-order valence-electron chi connectivity index (χ0n) is 9.86. The molecule has 0 fully saturated rings. The lowest BCUT2D eigenvalue weighted by molar-refractivity contribution is -0.136. The predicted molar refractivity (Wildman–Crippen MR) is 77.5 cm³/mol. The molecule has 2 rings (SSSR count). The summed E-state index contributed by atoms with van der Waals surface area (Å²) >= 11 is 12.0. The van der Waals surface area contributed by atoms with Crippen molar-refractivity contribution in [2.45, 2.75) is 6.42 Å². The minimum Gasteiger partial charge on any atom is -0.481 e. The first-order chi connectivity index (χ1) is 9.08. The Morgan fingerprint density at radius 2 is 1.74 bits per heavy atom. The maximum Gasteiger partial charge on any atom is 0.307 e. The average molecular weight is 296 g/mol. The second-order valence-electron chi connectivity index (χ2n) is 3.95. The number of hydrogen-bond donors (Lipinski definition) is 2. The van der Waals surface area contributed by atoms with Gasteiger partial charge in [-0.25, -0.2) is 0 Å². The minimum absolute atomic E-state index is 0.0542. The summed E-state index contributed by atoms with van der Waals surface area (Å²) in [5.41, 5.74) is 2.03. The van der Waals surface area contributed by atoms with E-state index < -0.39 is 5.97 Å². The number of nitrogens with one attached hydrogen (secondary N) is 1. The van der Waals surface area contributed by atoms with Gasteiger partial charge >= 0.3 is 5.97 Å². The molecule has 0 radical (unpaired) electrons. The van der Waals surface area contributed by atoms with Crippen molar-refractivity contribution in [3.05, 3.63) is 58.1 Å². The summed E-state index contributed by atoms with van der Waals surface area (Å²) in [5, 5.41) is 12.8. The maximum atomic E-state index is 10.8. The lowest BCUT2D eigenvalue weighted by atomic mass is 10.1. The van der Waals surface area contributed by atoms with Gasteiger partial charge in [-0.15, -0.1) is 0 Å². The fourth-order valence-corrected chi connectivity index (χ4v) is 2.05. The van der Waals surface area contributed by atoms with Crippen LogP contribution in [0.4, 0.5) is 11.4 Å². The Kier molecular flexibility index (Phi) is 4.30. The van der Waals surface area contributed by atoms with Crippen molar-refractivity contribution in [2.24, 2.45) is 0 Å². The van der Waals surface area contributed by atoms with E-state index in [4.69, 9.17) is 28.3 Å². The quantitative estimate of drug-likeness (QED) is 0.881. The van der Waals surface area contributed by atoms with Crippen LogP contribution in [-0.4, -0.2) is 11.1 Å². The first-order valence-electron chi connectivity index (χ1n) is 5.58. The molecule has 0 bridgehead atoms. The second kappa shape index (κ2) is 5.95. The first-order valence-corrected chi connectivity index (χ1v) is 6.34. The van der Waals surface area contributed by atoms with Crippen LogP contribution >= 0.6 is 23.2 Å². The summed E-state index contributed by atoms with van der Waals surface area (Å²) < 4.78 is 0. The molecule has 2 N–H and O–H groups in total. The molecule has 2 aromatic rings. The Bertz CT molecular complexity index is 614. The van der Waals surface area contributed by atoms with Gasteiger partial charge in [0.05, 0.1) is 22.2 Å². The Hall–Kier alpha value is -1.71. The van der Waals surface area contributed by atoms with E-state index in [1.807, 2.05) is 6.07 Å². The largest absolute Gasteiger partial charge is 0.481 e. The third kappa shape index (κ3) is 3.40. The zero-order valence-corrected chi connectivity index (χ0v) is 11.4. The monoisotopic (exact) mass is 295 g/mol. The van der Waals surface area contributed by atoms with Gasteiger partial charge in [-0.2, -0.15) is 0 Å². The first kappa shape index (κ1) is 13.7. The van der Waals surface area contributed by atoms with Gasteiger partial charge in [0.15, 0.2) is 0 Å². The van der Waals surface area contributed by atoms with Crippen LogP contribution in [0.2, 0.25) is 10.0 Å². The summed E-state index contributed by atoms with van der Waals surface area (Å²) in [6, 6.07) is 12.4. The van der Waals surface area contributed by atoms with Crippen LogP contribution in [0.1, 0.15) is 5.56 Å². The SMILES string of the molecule is O=C(O)Cc1ccccc1Nc1cccc(Cl)c1Cl. The molecular formula is C14H11Cl2NO2. The fraction of sp³-hybridized carbons (Fsp3) is 0.0714. The highest BCUT2D eigenvalue weighted by molar-refractivity contribution is 6.43. The van der Waals surface area contributed by atoms with Crippen molar-refractivity contribution in [3.63, 3.8) is 0 Å². The fourth-order valence-electron chi connectivity index (χ4n) is 1.70. The van der Waals surface area contributed by atoms with E-state index in [-0.39, 0.29) is 6.42 Å². The molecule has 0 spiro atoms. The molecule has 0 unspecified atom stereocenters. The van der Waals surface area contributed by atoms with Crippen LogP contribution in [0, 0.1) is 0 Å². The van der Waals surface area contributed by atoms with Gasteiger partial charge in [-0.3, -0.25) is 4.79 Å². The number of hydrogen-bond acceptors (Lipinski definition) is 2. The predicted octanol–water partition coefficient (Wildman–Crippen LogP) is 4.36. The van der Waals surface area contributed by atoms with Gasteiger partial charge in [-0.1, -0.05) is 47.5 Å². The minimum atomic E-state index is -0.883. The molecule has 0 amide bonds. The summed E-state index contributed by atoms with van der Waals surface area (Å²) in [4.78, 5) is 10.8. The molecule has 19 heavy (non-hydrogen) atoms. The normalized spacial score (nSPS) is 10.2. The van der Waals surface area contributed by atoms with Crippen LogP contribution in [0.15, 0.2) is 42.5 Å². The molecule has 0 aliphatic carbocycles. The van der Waals surface area contributed by atoms with E-state index in [0.29, 0.717) is 27.0 Å². The summed E-state index contributed by atoms with van der Waals surface area (Å²) in [5.74, 6) is -0.883. The summed E-state index contributed by atoms with van der Waals surface area (Å²) in [6.07, 6.45) is -0.0542. The van der Waals surface area contributed by atoms with Crippen LogP contribution in [-0.2, 0) is 11.2 Å². The van der Waals surface area contributed by atoms with Crippen LogP contribution in [0.5, 0.6) is 0 Å². The zero-order chi connectivity index (χ0) is 13.8. The maximum absolute atomic E-state index is 10.8. The molecule has 98 valence electrons. The van der Waals surface area contributed by atoms with Gasteiger partial charge in [0, 0.05) is 5.69 Å². The van der Waals surface area contributed by atoms with Gasteiger partial charge < -0.3 is 10.4 Å². The molecule has 0 aliphatic rings. The van der Waals surface area contributed by atoms with E-state index in [9.17, 15) is 4.79 Å². The lowest BCUT2D eigenvalue weighted by Gasteiger charge is -2.12. The number of rotatable bonds is 4. The second-order valence-corrected chi connectivity index (χ2v) is 4.74. The van der Waals surface area contributed by atoms with Crippen molar-refractivity contribution in [2.75, 3.05) is 5.32 Å². The van der Waals surface area contributed by atoms with E-state index >= 15 is 0 Å². The number of anilines is 2. The smallest absolute Gasteiger partial charge is 0.307 e. The Labute approximate surface area is 120 Å². The molecule has 0 saturated heterocycles. The summed E-state index contributed by atoms with van der Waals surface area (Å²) in [7, 11) is 0. The van der Waals surface area contributed by atoms with E-state index in [2.05, 4.69) is 5.32 Å². The van der Waals surface area contributed by atoms with Crippen molar-refractivity contribution in [1.82, 2.24) is 0 Å². The third-order valence-corrected chi connectivity index (χ3v) is 3.40. The number of halogens is 2. The number of carboxylic acids is 1. The summed E-state index contributed by atoms with van der Waals surface area (Å²) in [6.45, 7) is 0. The molecule has 0 aromatic heterocycles. The Morgan fingerprint density at radius 3 is 2.47 bits per heavy atom. The van der Waals surface area contributed by atoms with Crippen molar-refractivity contribution in [1.29, 1.82) is 0 Å². The number of aliphatic carboxylic acids is 1. The van der Waals surface area contributed by atoms with Crippen molar-refractivity contribution in [3.8, 4) is 0 Å². The molecule has 5 heteroatoms. The highest BCUT2D eigenvalue weighted by Gasteiger charge is 2.09. The molecule has 0 aliphatic heterocycles. The highest BCUT2D eigenvalue weighted by atomic mass is 35.5. The molecular weight excluding hydrogens is 285 g/mol. The van der Waals surface area contributed by atoms with Gasteiger partial charge in [0.1, 0.15) is 0 Å². The van der Waals surface area contributed by atoms with Crippen LogP contribution in [0.25, 0.3) is 0 Å². The lowest BCUT2D eigenvalue weighted by Crippen LogP contribution is -2.03. The van der Waals surface area contributed by atoms with Crippen molar-refractivity contribution >= 4 is 40.5 Å². The number of carbonyl (C=O) groups is 1.